The van der Waals surface area contributed by atoms with E-state index in [4.69, 9.17) is 0 Å². The number of carbonyl (C=O) groups is 1. The van der Waals surface area contributed by atoms with Gasteiger partial charge in [0.1, 0.15) is 5.69 Å². The van der Waals surface area contributed by atoms with E-state index in [2.05, 4.69) is 25.2 Å². The number of hydrogen-bond donors (Lipinski definition) is 1. The first-order chi connectivity index (χ1) is 9.83. The van der Waals surface area contributed by atoms with Gasteiger partial charge in [0, 0.05) is 43.1 Å². The average molecular weight is 289 g/mol. The normalized spacial score (nSPS) is 16.1. The molecule has 7 heteroatoms. The fraction of sp³-hybridized carbons (Fsp3) is 0.385. The maximum absolute atomic E-state index is 12.0. The van der Waals surface area contributed by atoms with Gasteiger partial charge in [-0.2, -0.15) is 0 Å². The molecule has 1 saturated heterocycles. The second kappa shape index (κ2) is 5.96. The Kier molecular flexibility index (Phi) is 3.87. The molecule has 0 aliphatic carbocycles. The van der Waals surface area contributed by atoms with Crippen molar-refractivity contribution in [2.24, 2.45) is 0 Å². The Hall–Kier alpha value is -2.02. The number of thiazole rings is 1. The topological polar surface area (TPSA) is 71.0 Å². The van der Waals surface area contributed by atoms with Gasteiger partial charge in [0.2, 0.25) is 0 Å². The van der Waals surface area contributed by atoms with Crippen LogP contribution in [-0.4, -0.2) is 40.0 Å². The lowest BCUT2D eigenvalue weighted by Crippen LogP contribution is -2.44. The Labute approximate surface area is 120 Å². The smallest absolute Gasteiger partial charge is 0.271 e. The maximum Gasteiger partial charge on any atom is 0.271 e. The highest BCUT2D eigenvalue weighted by molar-refractivity contribution is 7.13. The zero-order chi connectivity index (χ0) is 13.8. The van der Waals surface area contributed by atoms with Crippen molar-refractivity contribution in [3.8, 4) is 0 Å². The van der Waals surface area contributed by atoms with E-state index in [1.165, 1.54) is 12.4 Å². The first kappa shape index (κ1) is 13.0. The highest BCUT2D eigenvalue weighted by atomic mass is 32.1. The van der Waals surface area contributed by atoms with Crippen LogP contribution in [0.2, 0.25) is 0 Å². The fourth-order valence-electron chi connectivity index (χ4n) is 2.26. The highest BCUT2D eigenvalue weighted by Gasteiger charge is 2.22. The molecule has 2 aromatic rings. The number of carbonyl (C=O) groups excluding carboxylic acids is 1. The molecule has 0 saturated carbocycles. The fourth-order valence-corrected chi connectivity index (χ4v) is 2.96. The predicted octanol–water partition coefficient (Wildman–Crippen LogP) is 1.33. The van der Waals surface area contributed by atoms with Gasteiger partial charge in [-0.15, -0.1) is 11.3 Å². The molecule has 104 valence electrons. The van der Waals surface area contributed by atoms with Gasteiger partial charge < -0.3 is 10.2 Å². The summed E-state index contributed by atoms with van der Waals surface area (Å²) in [6.07, 6.45) is 8.24. The monoisotopic (exact) mass is 289 g/mol. The molecule has 2 aromatic heterocycles. The Balaban J connectivity index is 1.53. The van der Waals surface area contributed by atoms with Crippen LogP contribution in [0.1, 0.15) is 23.3 Å². The molecule has 0 spiro atoms. The van der Waals surface area contributed by atoms with Crippen LogP contribution in [0.4, 0.5) is 5.13 Å². The number of anilines is 1. The van der Waals surface area contributed by atoms with E-state index in [1.54, 1.807) is 17.5 Å². The number of hydrogen-bond acceptors (Lipinski definition) is 6. The van der Waals surface area contributed by atoms with Crippen molar-refractivity contribution in [1.29, 1.82) is 0 Å². The Bertz CT molecular complexity index is 551. The first-order valence-electron chi connectivity index (χ1n) is 6.54. The first-order valence-corrected chi connectivity index (χ1v) is 7.42. The average Bonchev–Trinajstić information content (AvgIpc) is 3.03. The summed E-state index contributed by atoms with van der Waals surface area (Å²) in [5, 5.41) is 6.06. The second-order valence-electron chi connectivity index (χ2n) is 4.64. The molecule has 1 aliphatic heterocycles. The quantitative estimate of drug-likeness (QED) is 0.923. The molecule has 1 N–H and O–H groups in total. The lowest BCUT2D eigenvalue weighted by molar-refractivity contribution is 0.0925. The van der Waals surface area contributed by atoms with Crippen molar-refractivity contribution < 1.29 is 4.79 Å². The van der Waals surface area contributed by atoms with Crippen molar-refractivity contribution in [1.82, 2.24) is 20.3 Å². The van der Waals surface area contributed by atoms with E-state index >= 15 is 0 Å². The standard InChI is InChI=1S/C13H15N5OS/c19-12(11-9-14-3-4-15-11)17-10-1-6-18(7-2-10)13-16-5-8-20-13/h3-5,8-10H,1-2,6-7H2,(H,17,19). The van der Waals surface area contributed by atoms with Crippen LogP contribution >= 0.6 is 11.3 Å². The van der Waals surface area contributed by atoms with Crippen LogP contribution in [0.3, 0.4) is 0 Å². The minimum absolute atomic E-state index is 0.147. The van der Waals surface area contributed by atoms with Gasteiger partial charge in [0.05, 0.1) is 6.20 Å². The van der Waals surface area contributed by atoms with Crippen molar-refractivity contribution in [2.45, 2.75) is 18.9 Å². The van der Waals surface area contributed by atoms with E-state index in [1.807, 2.05) is 11.6 Å². The Morgan fingerprint density at radius 3 is 2.75 bits per heavy atom. The third kappa shape index (κ3) is 2.93. The van der Waals surface area contributed by atoms with Crippen molar-refractivity contribution in [3.63, 3.8) is 0 Å². The minimum Gasteiger partial charge on any atom is -0.348 e. The summed E-state index contributed by atoms with van der Waals surface area (Å²) < 4.78 is 0. The van der Waals surface area contributed by atoms with Crippen LogP contribution in [0, 0.1) is 0 Å². The maximum atomic E-state index is 12.0. The van der Waals surface area contributed by atoms with Crippen LogP contribution in [0.15, 0.2) is 30.2 Å². The summed E-state index contributed by atoms with van der Waals surface area (Å²) in [6, 6.07) is 0.195. The van der Waals surface area contributed by atoms with Crippen LogP contribution in [0.25, 0.3) is 0 Å². The molecule has 1 amide bonds. The minimum atomic E-state index is -0.147. The van der Waals surface area contributed by atoms with E-state index in [9.17, 15) is 4.79 Å². The Morgan fingerprint density at radius 2 is 2.10 bits per heavy atom. The molecule has 0 unspecified atom stereocenters. The number of nitrogens with zero attached hydrogens (tertiary/aromatic N) is 4. The summed E-state index contributed by atoms with van der Waals surface area (Å²) in [4.78, 5) is 26.5. The van der Waals surface area contributed by atoms with Crippen molar-refractivity contribution >= 4 is 22.4 Å². The summed E-state index contributed by atoms with van der Waals surface area (Å²) >= 11 is 1.65. The van der Waals surface area contributed by atoms with E-state index in [0.717, 1.165) is 31.1 Å². The van der Waals surface area contributed by atoms with Gasteiger partial charge in [-0.3, -0.25) is 9.78 Å². The summed E-state index contributed by atoms with van der Waals surface area (Å²) in [5.74, 6) is -0.147. The number of piperidine rings is 1. The molecule has 20 heavy (non-hydrogen) atoms. The van der Waals surface area contributed by atoms with E-state index < -0.39 is 0 Å². The summed E-state index contributed by atoms with van der Waals surface area (Å²) in [6.45, 7) is 1.83. The number of aromatic nitrogens is 3. The van der Waals surface area contributed by atoms with Crippen LogP contribution in [-0.2, 0) is 0 Å². The van der Waals surface area contributed by atoms with Gasteiger partial charge in [0.15, 0.2) is 5.13 Å². The summed E-state index contributed by atoms with van der Waals surface area (Å²) in [7, 11) is 0. The van der Waals surface area contributed by atoms with Crippen LogP contribution < -0.4 is 10.2 Å². The molecule has 1 aliphatic rings. The van der Waals surface area contributed by atoms with Crippen LogP contribution in [0.5, 0.6) is 0 Å². The molecule has 0 radical (unpaired) electrons. The van der Waals surface area contributed by atoms with Gasteiger partial charge in [-0.1, -0.05) is 0 Å². The van der Waals surface area contributed by atoms with Gasteiger partial charge in [-0.25, -0.2) is 9.97 Å². The largest absolute Gasteiger partial charge is 0.348 e. The number of nitrogens with one attached hydrogen (secondary N) is 1. The molecule has 0 atom stereocenters. The SMILES string of the molecule is O=C(NC1CCN(c2nccs2)CC1)c1cnccn1. The summed E-state index contributed by atoms with van der Waals surface area (Å²) in [5.41, 5.74) is 0.370. The number of rotatable bonds is 3. The third-order valence-electron chi connectivity index (χ3n) is 3.32. The molecule has 3 rings (SSSR count). The Morgan fingerprint density at radius 1 is 1.25 bits per heavy atom. The van der Waals surface area contributed by atoms with E-state index in [0.29, 0.717) is 5.69 Å². The molecular weight excluding hydrogens is 274 g/mol. The highest BCUT2D eigenvalue weighted by Crippen LogP contribution is 2.21. The molecule has 0 bridgehead atoms. The predicted molar refractivity (Wildman–Crippen MR) is 76.8 cm³/mol. The lowest BCUT2D eigenvalue weighted by atomic mass is 10.1. The van der Waals surface area contributed by atoms with E-state index in [-0.39, 0.29) is 11.9 Å². The van der Waals surface area contributed by atoms with Gasteiger partial charge >= 0.3 is 0 Å². The number of amides is 1. The van der Waals surface area contributed by atoms with Gasteiger partial charge in [0.25, 0.3) is 5.91 Å². The second-order valence-corrected chi connectivity index (χ2v) is 5.51. The van der Waals surface area contributed by atoms with Gasteiger partial charge in [-0.05, 0) is 12.8 Å². The molecular formula is C13H15N5OS. The molecule has 6 nitrogen and oxygen atoms in total. The van der Waals surface area contributed by atoms with Crippen molar-refractivity contribution in [3.05, 3.63) is 35.9 Å². The molecule has 0 aromatic carbocycles. The zero-order valence-electron chi connectivity index (χ0n) is 10.9. The third-order valence-corrected chi connectivity index (χ3v) is 4.15. The zero-order valence-corrected chi connectivity index (χ0v) is 11.7. The molecule has 3 heterocycles. The van der Waals surface area contributed by atoms with Crippen molar-refractivity contribution in [2.75, 3.05) is 18.0 Å². The lowest BCUT2D eigenvalue weighted by Gasteiger charge is -2.32. The molecule has 1 fully saturated rings.